The van der Waals surface area contributed by atoms with Crippen molar-refractivity contribution in [3.8, 4) is 0 Å². The van der Waals surface area contributed by atoms with Crippen LogP contribution in [0.5, 0.6) is 0 Å². The molecular weight excluding hydrogens is 336 g/mol. The fourth-order valence-electron chi connectivity index (χ4n) is 2.39. The van der Waals surface area contributed by atoms with Crippen molar-refractivity contribution in [2.45, 2.75) is 39.0 Å². The minimum atomic E-state index is -3.96. The van der Waals surface area contributed by atoms with E-state index < -0.39 is 26.8 Å². The molecule has 134 valence electrons. The smallest absolute Gasteiger partial charge is 0.307 e. The van der Waals surface area contributed by atoms with E-state index in [1.165, 1.54) is 26.0 Å². The third-order valence-electron chi connectivity index (χ3n) is 3.60. The summed E-state index contributed by atoms with van der Waals surface area (Å²) in [6.45, 7) is 6.40. The summed E-state index contributed by atoms with van der Waals surface area (Å²) in [4.78, 5) is 21.5. The first-order valence-corrected chi connectivity index (χ1v) is 8.92. The van der Waals surface area contributed by atoms with Crippen molar-refractivity contribution in [1.29, 1.82) is 0 Å². The lowest BCUT2D eigenvalue weighted by Crippen LogP contribution is -2.34. The van der Waals surface area contributed by atoms with E-state index in [9.17, 15) is 28.4 Å². The van der Waals surface area contributed by atoms with Crippen molar-refractivity contribution >= 4 is 21.7 Å². The van der Waals surface area contributed by atoms with Crippen LogP contribution in [0.1, 0.15) is 31.4 Å². The van der Waals surface area contributed by atoms with E-state index in [2.05, 4.69) is 4.72 Å². The van der Waals surface area contributed by atoms with Gasteiger partial charge >= 0.3 is 5.97 Å². The number of hydrogen-bond acceptors (Lipinski definition) is 5. The van der Waals surface area contributed by atoms with Gasteiger partial charge in [-0.05, 0) is 37.8 Å². The van der Waals surface area contributed by atoms with E-state index in [1.54, 1.807) is 0 Å². The van der Waals surface area contributed by atoms with Crippen molar-refractivity contribution in [2.24, 2.45) is 11.8 Å². The molecule has 1 aromatic carbocycles. The maximum atomic E-state index is 12.4. The van der Waals surface area contributed by atoms with Gasteiger partial charge in [0.05, 0.1) is 15.7 Å². The average Bonchev–Trinajstić information content (AvgIpc) is 2.44. The molecule has 8 nitrogen and oxygen atoms in total. The first-order chi connectivity index (χ1) is 11.0. The number of nitrogens with zero attached hydrogens (tertiary/aromatic N) is 1. The Morgan fingerprint density at radius 3 is 2.33 bits per heavy atom. The number of rotatable bonds is 8. The maximum absolute atomic E-state index is 12.4. The molecule has 0 saturated heterocycles. The predicted molar refractivity (Wildman–Crippen MR) is 88.3 cm³/mol. The van der Waals surface area contributed by atoms with Crippen LogP contribution in [0.2, 0.25) is 0 Å². The Hall–Kier alpha value is -2.00. The van der Waals surface area contributed by atoms with Crippen molar-refractivity contribution in [2.75, 3.05) is 6.54 Å². The number of sulfonamides is 1. The number of nitro groups is 1. The second kappa shape index (κ2) is 7.71. The number of aliphatic carboxylic acids is 1. The summed E-state index contributed by atoms with van der Waals surface area (Å²) < 4.78 is 27.2. The molecule has 0 aliphatic heterocycles. The highest BCUT2D eigenvalue weighted by molar-refractivity contribution is 7.89. The second-order valence-electron chi connectivity index (χ2n) is 6.18. The number of benzene rings is 1. The molecule has 0 heterocycles. The summed E-state index contributed by atoms with van der Waals surface area (Å²) in [5.74, 6) is -1.79. The first kappa shape index (κ1) is 20.0. The number of carboxylic acid groups (broad SMARTS) is 1. The average molecular weight is 358 g/mol. The van der Waals surface area contributed by atoms with E-state index in [0.717, 1.165) is 0 Å². The summed E-state index contributed by atoms with van der Waals surface area (Å²) >= 11 is 0. The molecule has 2 N–H and O–H groups in total. The van der Waals surface area contributed by atoms with Crippen LogP contribution >= 0.6 is 0 Å². The van der Waals surface area contributed by atoms with Gasteiger partial charge < -0.3 is 5.11 Å². The van der Waals surface area contributed by atoms with E-state index in [1.807, 2.05) is 13.8 Å². The highest BCUT2D eigenvalue weighted by atomic mass is 32.2. The maximum Gasteiger partial charge on any atom is 0.307 e. The minimum Gasteiger partial charge on any atom is -0.481 e. The van der Waals surface area contributed by atoms with Crippen molar-refractivity contribution in [1.82, 2.24) is 4.72 Å². The van der Waals surface area contributed by atoms with Gasteiger partial charge in [-0.25, -0.2) is 13.1 Å². The Morgan fingerprint density at radius 1 is 1.29 bits per heavy atom. The van der Waals surface area contributed by atoms with Crippen molar-refractivity contribution in [3.05, 3.63) is 33.4 Å². The summed E-state index contributed by atoms with van der Waals surface area (Å²) in [5.41, 5.74) is 0.299. The van der Waals surface area contributed by atoms with Crippen LogP contribution in [0, 0.1) is 35.8 Å². The normalized spacial score (nSPS) is 13.0. The van der Waals surface area contributed by atoms with Crippen molar-refractivity contribution in [3.63, 3.8) is 0 Å². The minimum absolute atomic E-state index is 0.0840. The van der Waals surface area contributed by atoms with Crippen LogP contribution < -0.4 is 4.72 Å². The summed E-state index contributed by atoms with van der Waals surface area (Å²) in [7, 11) is -3.96. The number of nitro benzene ring substituents is 1. The Labute approximate surface area is 141 Å². The third-order valence-corrected chi connectivity index (χ3v) is 5.17. The molecule has 1 aromatic rings. The standard InChI is InChI=1S/C15H22N2O6S/c1-9(2)5-12(15(18)19)8-16-24(22,23)14-7-10(3)13(17(20)21)6-11(14)4/h6-7,9,12,16H,5,8H2,1-4H3,(H,18,19). The van der Waals surface area contributed by atoms with Gasteiger partial charge in [-0.2, -0.15) is 0 Å². The zero-order chi connectivity index (χ0) is 18.7. The molecule has 0 radical (unpaired) electrons. The fraction of sp³-hybridized carbons (Fsp3) is 0.533. The van der Waals surface area contributed by atoms with Crippen LogP contribution in [-0.2, 0) is 14.8 Å². The zero-order valence-electron chi connectivity index (χ0n) is 14.1. The number of carbonyl (C=O) groups is 1. The molecule has 1 rings (SSSR count). The van der Waals surface area contributed by atoms with Crippen LogP contribution in [0.3, 0.4) is 0 Å². The molecule has 0 saturated carbocycles. The van der Waals surface area contributed by atoms with E-state index in [4.69, 9.17) is 0 Å². The molecule has 0 aromatic heterocycles. The number of aryl methyl sites for hydroxylation is 2. The van der Waals surface area contributed by atoms with Gasteiger partial charge in [0.1, 0.15) is 0 Å². The topological polar surface area (TPSA) is 127 Å². The predicted octanol–water partition coefficient (Wildman–Crippen LogP) is 2.24. The lowest BCUT2D eigenvalue weighted by Gasteiger charge is -2.16. The van der Waals surface area contributed by atoms with Crippen molar-refractivity contribution < 1.29 is 23.2 Å². The molecule has 0 bridgehead atoms. The van der Waals surface area contributed by atoms with E-state index >= 15 is 0 Å². The fourth-order valence-corrected chi connectivity index (χ4v) is 3.78. The highest BCUT2D eigenvalue weighted by Gasteiger charge is 2.25. The quantitative estimate of drug-likeness (QED) is 0.542. The van der Waals surface area contributed by atoms with Gasteiger partial charge in [-0.15, -0.1) is 0 Å². The first-order valence-electron chi connectivity index (χ1n) is 7.43. The SMILES string of the molecule is Cc1cc(S(=O)(=O)NCC(CC(C)C)C(=O)O)c(C)cc1[N+](=O)[O-]. The largest absolute Gasteiger partial charge is 0.481 e. The molecule has 0 fully saturated rings. The van der Waals surface area contributed by atoms with Crippen LogP contribution in [-0.4, -0.2) is 31.0 Å². The van der Waals surface area contributed by atoms with Gasteiger partial charge in [-0.1, -0.05) is 13.8 Å². The van der Waals surface area contributed by atoms with Gasteiger partial charge in [0.25, 0.3) is 5.69 Å². The molecule has 24 heavy (non-hydrogen) atoms. The molecule has 0 aliphatic rings. The second-order valence-corrected chi connectivity index (χ2v) is 7.91. The molecule has 1 unspecified atom stereocenters. The number of carboxylic acids is 1. The van der Waals surface area contributed by atoms with E-state index in [0.29, 0.717) is 6.42 Å². The van der Waals surface area contributed by atoms with Gasteiger partial charge in [0.2, 0.25) is 10.0 Å². The zero-order valence-corrected chi connectivity index (χ0v) is 14.9. The Kier molecular flexibility index (Phi) is 6.44. The molecule has 9 heteroatoms. The van der Waals surface area contributed by atoms with Gasteiger partial charge in [0, 0.05) is 18.2 Å². The number of nitrogens with one attached hydrogen (secondary N) is 1. The monoisotopic (exact) mass is 358 g/mol. The molecule has 0 spiro atoms. The molecule has 0 aliphatic carbocycles. The van der Waals surface area contributed by atoms with Crippen LogP contribution in [0.4, 0.5) is 5.69 Å². The van der Waals surface area contributed by atoms with Gasteiger partial charge in [-0.3, -0.25) is 14.9 Å². The summed E-state index contributed by atoms with van der Waals surface area (Å²) in [6.07, 6.45) is 0.343. The number of hydrogen-bond donors (Lipinski definition) is 2. The Balaban J connectivity index is 3.06. The van der Waals surface area contributed by atoms with Crippen LogP contribution in [0.15, 0.2) is 17.0 Å². The molecular formula is C15H22N2O6S. The Morgan fingerprint density at radius 2 is 1.88 bits per heavy atom. The van der Waals surface area contributed by atoms with Gasteiger partial charge in [0.15, 0.2) is 0 Å². The third kappa shape index (κ3) is 5.00. The highest BCUT2D eigenvalue weighted by Crippen LogP contribution is 2.25. The lowest BCUT2D eigenvalue weighted by atomic mass is 9.98. The Bertz CT molecular complexity index is 743. The molecule has 1 atom stereocenters. The lowest BCUT2D eigenvalue weighted by molar-refractivity contribution is -0.385. The summed E-state index contributed by atoms with van der Waals surface area (Å²) in [6, 6.07) is 2.43. The summed E-state index contributed by atoms with van der Waals surface area (Å²) in [5, 5.41) is 20.1. The molecule has 0 amide bonds. The van der Waals surface area contributed by atoms with E-state index in [-0.39, 0.29) is 34.2 Å². The van der Waals surface area contributed by atoms with Crippen LogP contribution in [0.25, 0.3) is 0 Å².